The molecule has 1 aliphatic rings. The molecule has 1 rings (SSSR count). The Bertz CT molecular complexity index is 262. The summed E-state index contributed by atoms with van der Waals surface area (Å²) in [6, 6.07) is 0.158. The van der Waals surface area contributed by atoms with E-state index >= 15 is 0 Å². The predicted molar refractivity (Wildman–Crippen MR) is 53.2 cm³/mol. The summed E-state index contributed by atoms with van der Waals surface area (Å²) in [6.07, 6.45) is 2.35. The summed E-state index contributed by atoms with van der Waals surface area (Å²) in [7, 11) is 0. The Hall–Kier alpha value is -1.10. The SMILES string of the molecule is CC(CCCO)(C(=O)O)C(=O)NC1CC1. The molecule has 1 amide bonds. The van der Waals surface area contributed by atoms with E-state index in [4.69, 9.17) is 10.2 Å². The summed E-state index contributed by atoms with van der Waals surface area (Å²) in [4.78, 5) is 22.7. The maximum absolute atomic E-state index is 11.7. The lowest BCUT2D eigenvalue weighted by Crippen LogP contribution is -2.45. The van der Waals surface area contributed by atoms with E-state index in [0.717, 1.165) is 12.8 Å². The van der Waals surface area contributed by atoms with Crippen LogP contribution in [0.3, 0.4) is 0 Å². The van der Waals surface area contributed by atoms with Gasteiger partial charge in [-0.05, 0) is 32.6 Å². The van der Waals surface area contributed by atoms with Crippen molar-refractivity contribution < 1.29 is 19.8 Å². The Morgan fingerprint density at radius 1 is 1.47 bits per heavy atom. The van der Waals surface area contributed by atoms with Gasteiger partial charge in [-0.3, -0.25) is 9.59 Å². The van der Waals surface area contributed by atoms with Crippen LogP contribution < -0.4 is 5.32 Å². The molecule has 0 radical (unpaired) electrons. The van der Waals surface area contributed by atoms with Gasteiger partial charge in [0, 0.05) is 12.6 Å². The average Bonchev–Trinajstić information content (AvgIpc) is 2.97. The molecule has 86 valence electrons. The van der Waals surface area contributed by atoms with Crippen LogP contribution in [0.25, 0.3) is 0 Å². The number of carboxylic acid groups (broad SMARTS) is 1. The van der Waals surface area contributed by atoms with Crippen LogP contribution in [0.1, 0.15) is 32.6 Å². The van der Waals surface area contributed by atoms with E-state index in [1.807, 2.05) is 0 Å². The van der Waals surface area contributed by atoms with Crippen molar-refractivity contribution in [2.75, 3.05) is 6.61 Å². The number of rotatable bonds is 6. The lowest BCUT2D eigenvalue weighted by molar-refractivity contribution is -0.155. The van der Waals surface area contributed by atoms with Gasteiger partial charge in [-0.15, -0.1) is 0 Å². The van der Waals surface area contributed by atoms with Crippen LogP contribution in [-0.4, -0.2) is 34.7 Å². The van der Waals surface area contributed by atoms with Crippen LogP contribution in [0.2, 0.25) is 0 Å². The van der Waals surface area contributed by atoms with E-state index in [1.54, 1.807) is 0 Å². The largest absolute Gasteiger partial charge is 0.480 e. The second kappa shape index (κ2) is 4.61. The van der Waals surface area contributed by atoms with E-state index in [0.29, 0.717) is 6.42 Å². The number of aliphatic hydroxyl groups is 1. The third-order valence-corrected chi connectivity index (χ3v) is 2.72. The molecule has 1 unspecified atom stereocenters. The first-order valence-electron chi connectivity index (χ1n) is 5.16. The first-order valence-corrected chi connectivity index (χ1v) is 5.16. The van der Waals surface area contributed by atoms with Crippen molar-refractivity contribution in [1.29, 1.82) is 0 Å². The molecule has 5 heteroatoms. The number of carbonyl (C=O) groups excluding carboxylic acids is 1. The van der Waals surface area contributed by atoms with Crippen molar-refractivity contribution >= 4 is 11.9 Å². The Balaban J connectivity index is 2.60. The third kappa shape index (κ3) is 2.92. The van der Waals surface area contributed by atoms with Gasteiger partial charge in [0.15, 0.2) is 0 Å². The molecule has 0 aromatic heterocycles. The molecule has 0 spiro atoms. The molecule has 1 saturated carbocycles. The number of carbonyl (C=O) groups is 2. The number of carboxylic acids is 1. The Kier molecular flexibility index (Phi) is 3.68. The zero-order chi connectivity index (χ0) is 11.5. The van der Waals surface area contributed by atoms with Gasteiger partial charge >= 0.3 is 5.97 Å². The number of aliphatic hydroxyl groups excluding tert-OH is 1. The van der Waals surface area contributed by atoms with E-state index in [2.05, 4.69) is 5.32 Å². The van der Waals surface area contributed by atoms with Crippen molar-refractivity contribution in [3.63, 3.8) is 0 Å². The highest BCUT2D eigenvalue weighted by Gasteiger charge is 2.42. The summed E-state index contributed by atoms with van der Waals surface area (Å²) in [5.74, 6) is -1.57. The number of nitrogens with one attached hydrogen (secondary N) is 1. The van der Waals surface area contributed by atoms with Crippen LogP contribution in [0.15, 0.2) is 0 Å². The lowest BCUT2D eigenvalue weighted by Gasteiger charge is -2.23. The Labute approximate surface area is 88.5 Å². The third-order valence-electron chi connectivity index (χ3n) is 2.72. The molecule has 0 aromatic carbocycles. The van der Waals surface area contributed by atoms with Gasteiger partial charge in [-0.1, -0.05) is 0 Å². The summed E-state index contributed by atoms with van der Waals surface area (Å²) >= 11 is 0. The molecule has 1 atom stereocenters. The standard InChI is InChI=1S/C10H17NO4/c1-10(9(14)15,5-2-6-12)8(13)11-7-3-4-7/h7,12H,2-6H2,1H3,(H,11,13)(H,14,15). The molecule has 0 saturated heterocycles. The molecule has 0 aliphatic heterocycles. The first-order chi connectivity index (χ1) is 7.00. The molecular formula is C10H17NO4. The number of amides is 1. The van der Waals surface area contributed by atoms with Crippen LogP contribution >= 0.6 is 0 Å². The highest BCUT2D eigenvalue weighted by Crippen LogP contribution is 2.27. The van der Waals surface area contributed by atoms with E-state index < -0.39 is 17.3 Å². The normalized spacial score (nSPS) is 19.3. The summed E-state index contributed by atoms with van der Waals surface area (Å²) in [6.45, 7) is 1.31. The molecule has 3 N–H and O–H groups in total. The van der Waals surface area contributed by atoms with Crippen LogP contribution in [0.5, 0.6) is 0 Å². The zero-order valence-electron chi connectivity index (χ0n) is 8.82. The Morgan fingerprint density at radius 3 is 2.47 bits per heavy atom. The lowest BCUT2D eigenvalue weighted by atomic mass is 9.84. The number of hydrogen-bond donors (Lipinski definition) is 3. The number of aliphatic carboxylic acids is 1. The minimum absolute atomic E-state index is 0.0976. The molecule has 0 aromatic rings. The molecular weight excluding hydrogens is 198 g/mol. The highest BCUT2D eigenvalue weighted by molar-refractivity contribution is 6.01. The minimum Gasteiger partial charge on any atom is -0.480 e. The van der Waals surface area contributed by atoms with E-state index in [-0.39, 0.29) is 19.1 Å². The van der Waals surface area contributed by atoms with E-state index in [9.17, 15) is 9.59 Å². The second-order valence-electron chi connectivity index (χ2n) is 4.21. The quantitative estimate of drug-likeness (QED) is 0.549. The van der Waals surface area contributed by atoms with Crippen molar-refractivity contribution in [2.45, 2.75) is 38.6 Å². The van der Waals surface area contributed by atoms with Crippen molar-refractivity contribution in [3.05, 3.63) is 0 Å². The molecule has 0 bridgehead atoms. The van der Waals surface area contributed by atoms with Gasteiger partial charge in [-0.2, -0.15) is 0 Å². The summed E-state index contributed by atoms with van der Waals surface area (Å²) in [5.41, 5.74) is -1.41. The average molecular weight is 215 g/mol. The molecule has 1 fully saturated rings. The monoisotopic (exact) mass is 215 g/mol. The maximum atomic E-state index is 11.7. The van der Waals surface area contributed by atoms with Gasteiger partial charge in [-0.25, -0.2) is 0 Å². The van der Waals surface area contributed by atoms with Crippen molar-refractivity contribution in [1.82, 2.24) is 5.32 Å². The fourth-order valence-electron chi connectivity index (χ4n) is 1.32. The molecule has 1 aliphatic carbocycles. The summed E-state index contributed by atoms with van der Waals surface area (Å²) in [5, 5.41) is 20.4. The first kappa shape index (κ1) is 12.0. The molecule has 0 heterocycles. The predicted octanol–water partition coefficient (Wildman–Crippen LogP) is 0.128. The molecule has 5 nitrogen and oxygen atoms in total. The van der Waals surface area contributed by atoms with Gasteiger partial charge in [0.05, 0.1) is 0 Å². The smallest absolute Gasteiger partial charge is 0.318 e. The van der Waals surface area contributed by atoms with Gasteiger partial charge in [0.1, 0.15) is 5.41 Å². The van der Waals surface area contributed by atoms with E-state index in [1.165, 1.54) is 6.92 Å². The van der Waals surface area contributed by atoms with Crippen LogP contribution in [0.4, 0.5) is 0 Å². The van der Waals surface area contributed by atoms with Gasteiger partial charge < -0.3 is 15.5 Å². The maximum Gasteiger partial charge on any atom is 0.318 e. The molecule has 15 heavy (non-hydrogen) atoms. The zero-order valence-corrected chi connectivity index (χ0v) is 8.82. The number of hydrogen-bond acceptors (Lipinski definition) is 3. The van der Waals surface area contributed by atoms with Gasteiger partial charge in [0.2, 0.25) is 5.91 Å². The topological polar surface area (TPSA) is 86.6 Å². The minimum atomic E-state index is -1.41. The second-order valence-corrected chi connectivity index (χ2v) is 4.21. The highest BCUT2D eigenvalue weighted by atomic mass is 16.4. The fourth-order valence-corrected chi connectivity index (χ4v) is 1.32. The van der Waals surface area contributed by atoms with Crippen LogP contribution in [-0.2, 0) is 9.59 Å². The summed E-state index contributed by atoms with van der Waals surface area (Å²) < 4.78 is 0. The van der Waals surface area contributed by atoms with Crippen molar-refractivity contribution in [2.24, 2.45) is 5.41 Å². The van der Waals surface area contributed by atoms with Crippen LogP contribution in [0, 0.1) is 5.41 Å². The van der Waals surface area contributed by atoms with Gasteiger partial charge in [0.25, 0.3) is 0 Å². The Morgan fingerprint density at radius 2 is 2.07 bits per heavy atom. The fraction of sp³-hybridized carbons (Fsp3) is 0.800. The van der Waals surface area contributed by atoms with Crippen molar-refractivity contribution in [3.8, 4) is 0 Å².